The number of H-pyrrole nitrogens is 1. The zero-order chi connectivity index (χ0) is 23.0. The van der Waals surface area contributed by atoms with Gasteiger partial charge in [-0.05, 0) is 18.4 Å². The number of aromatic amines is 1. The molecule has 1 aromatic carbocycles. The summed E-state index contributed by atoms with van der Waals surface area (Å²) < 4.78 is 40.7. The molecule has 0 spiro atoms. The minimum Gasteiger partial charge on any atom is -0.368 e. The van der Waals surface area contributed by atoms with E-state index in [0.717, 1.165) is 10.9 Å². The highest BCUT2D eigenvalue weighted by molar-refractivity contribution is 5.83. The number of halogens is 3. The average Bonchev–Trinajstić information content (AvgIpc) is 3.34. The summed E-state index contributed by atoms with van der Waals surface area (Å²) in [6, 6.07) is 5.10. The third kappa shape index (κ3) is 4.48. The summed E-state index contributed by atoms with van der Waals surface area (Å²) >= 11 is 0. The molecule has 1 atom stereocenters. The molecule has 0 unspecified atom stereocenters. The smallest absolute Gasteiger partial charge is 0.368 e. The first-order valence-electron chi connectivity index (χ1n) is 9.92. The number of alkyl halides is 3. The second-order valence-corrected chi connectivity index (χ2v) is 7.89. The molecule has 0 saturated heterocycles. The van der Waals surface area contributed by atoms with E-state index in [1.165, 1.54) is 6.20 Å². The van der Waals surface area contributed by atoms with E-state index < -0.39 is 18.0 Å². The van der Waals surface area contributed by atoms with Gasteiger partial charge in [0.1, 0.15) is 0 Å². The predicted octanol–water partition coefficient (Wildman–Crippen LogP) is 3.95. The zero-order valence-corrected chi connectivity index (χ0v) is 17.6. The molecule has 0 aliphatic carbocycles. The van der Waals surface area contributed by atoms with Crippen molar-refractivity contribution in [3.63, 3.8) is 0 Å². The van der Waals surface area contributed by atoms with Crippen molar-refractivity contribution in [1.29, 1.82) is 0 Å². The molecule has 0 amide bonds. The van der Waals surface area contributed by atoms with Gasteiger partial charge in [0.15, 0.2) is 5.82 Å². The molecule has 3 aromatic heterocycles. The summed E-state index contributed by atoms with van der Waals surface area (Å²) in [5.74, 6) is -0.385. The van der Waals surface area contributed by atoms with E-state index in [4.69, 9.17) is 5.73 Å². The second kappa shape index (κ2) is 8.09. The van der Waals surface area contributed by atoms with Crippen molar-refractivity contribution in [1.82, 2.24) is 34.7 Å². The number of fused-ring (bicyclic) bond motifs is 1. The van der Waals surface area contributed by atoms with Crippen molar-refractivity contribution < 1.29 is 13.2 Å². The number of benzene rings is 1. The number of nitrogens with two attached hydrogens (primary N) is 1. The molecule has 4 N–H and O–H groups in total. The van der Waals surface area contributed by atoms with E-state index in [-0.39, 0.29) is 23.5 Å². The number of rotatable bonds is 6. The van der Waals surface area contributed by atoms with Crippen LogP contribution in [0.5, 0.6) is 0 Å². The summed E-state index contributed by atoms with van der Waals surface area (Å²) in [5.41, 5.74) is 7.79. The van der Waals surface area contributed by atoms with Crippen molar-refractivity contribution in [2.45, 2.75) is 32.5 Å². The molecule has 0 aliphatic heterocycles. The molecular weight excluding hydrogens is 423 g/mol. The lowest BCUT2D eigenvalue weighted by atomic mass is 10.0. The lowest BCUT2D eigenvalue weighted by Crippen LogP contribution is -2.17. The maximum atomic E-state index is 13.0. The molecule has 32 heavy (non-hydrogen) atoms. The van der Waals surface area contributed by atoms with Crippen molar-refractivity contribution >= 4 is 22.8 Å². The Morgan fingerprint density at radius 1 is 1.16 bits per heavy atom. The summed E-state index contributed by atoms with van der Waals surface area (Å²) in [7, 11) is 1.83. The van der Waals surface area contributed by atoms with Crippen LogP contribution in [0.2, 0.25) is 0 Å². The van der Waals surface area contributed by atoms with E-state index in [2.05, 4.69) is 35.3 Å². The van der Waals surface area contributed by atoms with Crippen molar-refractivity contribution in [2.75, 3.05) is 11.1 Å². The Morgan fingerprint density at radius 3 is 2.62 bits per heavy atom. The van der Waals surface area contributed by atoms with Crippen LogP contribution in [-0.2, 0) is 13.2 Å². The Kier molecular flexibility index (Phi) is 5.45. The van der Waals surface area contributed by atoms with Gasteiger partial charge in [-0.2, -0.15) is 33.2 Å². The zero-order valence-electron chi connectivity index (χ0n) is 17.6. The van der Waals surface area contributed by atoms with Crippen molar-refractivity contribution in [2.24, 2.45) is 13.0 Å². The molecule has 0 aliphatic rings. The molecule has 0 bridgehead atoms. The first kappa shape index (κ1) is 21.5. The fourth-order valence-electron chi connectivity index (χ4n) is 3.42. The van der Waals surface area contributed by atoms with Crippen LogP contribution in [0.3, 0.4) is 0 Å². The van der Waals surface area contributed by atoms with E-state index in [0.29, 0.717) is 17.8 Å². The van der Waals surface area contributed by atoms with Gasteiger partial charge in [0.2, 0.25) is 17.7 Å². The molecule has 9 nitrogen and oxygen atoms in total. The Hall–Kier alpha value is -3.70. The minimum atomic E-state index is -4.56. The van der Waals surface area contributed by atoms with Crippen LogP contribution in [0.25, 0.3) is 22.3 Å². The normalized spacial score (nSPS) is 13.1. The van der Waals surface area contributed by atoms with Crippen molar-refractivity contribution in [3.05, 3.63) is 42.1 Å². The van der Waals surface area contributed by atoms with Gasteiger partial charge in [-0.25, -0.2) is 4.98 Å². The molecular formula is C20H22F3N9. The number of nitrogen functional groups attached to an aromatic ring is 1. The number of anilines is 2. The average molecular weight is 445 g/mol. The van der Waals surface area contributed by atoms with Crippen LogP contribution < -0.4 is 11.1 Å². The van der Waals surface area contributed by atoms with Gasteiger partial charge in [0.25, 0.3) is 0 Å². The number of imidazole rings is 1. The summed E-state index contributed by atoms with van der Waals surface area (Å²) in [6.07, 6.45) is -1.12. The number of aromatic nitrogens is 7. The number of hydrogen-bond donors (Lipinski definition) is 3. The number of nitrogens with zero attached hydrogens (tertiary/aromatic N) is 6. The highest BCUT2D eigenvalue weighted by atomic mass is 19.4. The fourth-order valence-corrected chi connectivity index (χ4v) is 3.42. The van der Waals surface area contributed by atoms with E-state index in [1.54, 1.807) is 10.9 Å². The minimum absolute atomic E-state index is 0.00788. The lowest BCUT2D eigenvalue weighted by molar-refractivity contribution is -0.144. The fraction of sp³-hybridized carbons (Fsp3) is 0.350. The van der Waals surface area contributed by atoms with Gasteiger partial charge >= 0.3 is 6.18 Å². The van der Waals surface area contributed by atoms with E-state index >= 15 is 0 Å². The first-order valence-corrected chi connectivity index (χ1v) is 9.92. The highest BCUT2D eigenvalue weighted by Crippen LogP contribution is 2.30. The highest BCUT2D eigenvalue weighted by Gasteiger charge is 2.35. The lowest BCUT2D eigenvalue weighted by Gasteiger charge is -2.19. The van der Waals surface area contributed by atoms with Crippen LogP contribution in [0.4, 0.5) is 25.1 Å². The van der Waals surface area contributed by atoms with Gasteiger partial charge in [-0.3, -0.25) is 4.68 Å². The van der Waals surface area contributed by atoms with Crippen LogP contribution in [0.15, 0.2) is 30.6 Å². The molecule has 4 rings (SSSR count). The SMILES string of the molecule is CC(C)C[C@@H](Nc1nc(N)nc(-c2ccc3cnn(C)c3c2)n1)c1cnc(C(F)(F)F)[nH]1. The summed E-state index contributed by atoms with van der Waals surface area (Å²) in [5, 5.41) is 8.28. The third-order valence-corrected chi connectivity index (χ3v) is 4.91. The van der Waals surface area contributed by atoms with Gasteiger partial charge in [0.05, 0.1) is 29.6 Å². The topological polar surface area (TPSA) is 123 Å². The van der Waals surface area contributed by atoms with Crippen molar-refractivity contribution in [3.8, 4) is 11.4 Å². The Bertz CT molecular complexity index is 1240. The van der Waals surface area contributed by atoms with Crippen LogP contribution in [-0.4, -0.2) is 34.7 Å². The van der Waals surface area contributed by atoms with Gasteiger partial charge in [-0.1, -0.05) is 26.0 Å². The van der Waals surface area contributed by atoms with Crippen LogP contribution in [0, 0.1) is 5.92 Å². The van der Waals surface area contributed by atoms with Gasteiger partial charge < -0.3 is 16.0 Å². The monoisotopic (exact) mass is 445 g/mol. The Labute approximate surface area is 181 Å². The Morgan fingerprint density at radius 2 is 1.94 bits per heavy atom. The maximum Gasteiger partial charge on any atom is 0.449 e. The quantitative estimate of drug-likeness (QED) is 0.411. The third-order valence-electron chi connectivity index (χ3n) is 4.91. The molecule has 168 valence electrons. The Balaban J connectivity index is 1.67. The molecule has 0 saturated carbocycles. The summed E-state index contributed by atoms with van der Waals surface area (Å²) in [4.78, 5) is 18.6. The van der Waals surface area contributed by atoms with Crippen LogP contribution in [0.1, 0.15) is 37.8 Å². The molecule has 0 radical (unpaired) electrons. The first-order chi connectivity index (χ1) is 15.1. The standard InChI is InChI=1S/C20H22F3N9/c1-10(2)6-13(14-9-25-17(27-14)20(21,22)23)28-19-30-16(29-18(24)31-19)11-4-5-12-8-26-32(3)15(12)7-11/h4-5,7-10,13H,6H2,1-3H3,(H,25,27)(H3,24,28,29,30,31)/t13-/m1/s1. The maximum absolute atomic E-state index is 13.0. The largest absolute Gasteiger partial charge is 0.449 e. The number of hydrogen-bond acceptors (Lipinski definition) is 7. The molecule has 3 heterocycles. The van der Waals surface area contributed by atoms with E-state index in [9.17, 15) is 13.2 Å². The predicted molar refractivity (Wildman–Crippen MR) is 113 cm³/mol. The van der Waals surface area contributed by atoms with Gasteiger partial charge in [-0.15, -0.1) is 0 Å². The van der Waals surface area contributed by atoms with Gasteiger partial charge in [0, 0.05) is 18.0 Å². The van der Waals surface area contributed by atoms with E-state index in [1.807, 2.05) is 39.1 Å². The molecule has 0 fully saturated rings. The summed E-state index contributed by atoms with van der Waals surface area (Å²) in [6.45, 7) is 3.93. The second-order valence-electron chi connectivity index (χ2n) is 7.89. The molecule has 4 aromatic rings. The molecule has 12 heteroatoms. The number of aryl methyl sites for hydroxylation is 1. The van der Waals surface area contributed by atoms with Crippen LogP contribution >= 0.6 is 0 Å². The number of nitrogens with one attached hydrogen (secondary N) is 2.